The van der Waals surface area contributed by atoms with Gasteiger partial charge in [-0.1, -0.05) is 29.8 Å². The molecule has 0 radical (unpaired) electrons. The second kappa shape index (κ2) is 10.8. The second-order valence-electron chi connectivity index (χ2n) is 9.15. The van der Waals surface area contributed by atoms with E-state index >= 15 is 0 Å². The number of hydrogen-bond donors (Lipinski definition) is 1. The van der Waals surface area contributed by atoms with E-state index in [1.807, 2.05) is 25.1 Å². The number of methoxy groups -OCH3 is 2. The smallest absolute Gasteiger partial charge is 0.338 e. The van der Waals surface area contributed by atoms with E-state index in [0.29, 0.717) is 28.3 Å². The van der Waals surface area contributed by atoms with E-state index in [1.165, 1.54) is 31.3 Å². The molecule has 1 amide bonds. The first-order valence-corrected chi connectivity index (χ1v) is 12.1. The maximum Gasteiger partial charge on any atom is 0.338 e. The molecule has 1 atom stereocenters. The van der Waals surface area contributed by atoms with Gasteiger partial charge in [0.15, 0.2) is 0 Å². The monoisotopic (exact) mass is 515 g/mol. The quantitative estimate of drug-likeness (QED) is 0.200. The van der Waals surface area contributed by atoms with Crippen LogP contribution in [-0.4, -0.2) is 43.1 Å². The van der Waals surface area contributed by atoms with Crippen molar-refractivity contribution >= 4 is 29.1 Å². The van der Waals surface area contributed by atoms with Crippen molar-refractivity contribution in [2.24, 2.45) is 0 Å². The van der Waals surface area contributed by atoms with Gasteiger partial charge in [0.05, 0.1) is 43.1 Å². The van der Waals surface area contributed by atoms with Crippen molar-refractivity contribution in [2.45, 2.75) is 32.9 Å². The average molecular weight is 516 g/mol. The Balaban J connectivity index is 1.89. The zero-order valence-corrected chi connectivity index (χ0v) is 21.8. The Bertz CT molecular complexity index is 1420. The van der Waals surface area contributed by atoms with Crippen LogP contribution in [0.15, 0.2) is 72.3 Å². The van der Waals surface area contributed by atoms with Crippen LogP contribution in [0.25, 0.3) is 5.76 Å². The summed E-state index contributed by atoms with van der Waals surface area (Å²) in [7, 11) is 2.93. The summed E-state index contributed by atoms with van der Waals surface area (Å²) in [5, 5.41) is 11.5. The van der Waals surface area contributed by atoms with Gasteiger partial charge in [-0.05, 0) is 68.8 Å². The third-order valence-electron chi connectivity index (χ3n) is 6.19. The highest BCUT2D eigenvalue weighted by Gasteiger charge is 2.47. The molecule has 8 heteroatoms. The Hall–Kier alpha value is -4.59. The Morgan fingerprint density at radius 3 is 2.26 bits per heavy atom. The van der Waals surface area contributed by atoms with Crippen molar-refractivity contribution in [1.82, 2.24) is 0 Å². The molecule has 1 fully saturated rings. The summed E-state index contributed by atoms with van der Waals surface area (Å²) in [5.74, 6) is -1.78. The van der Waals surface area contributed by atoms with E-state index in [4.69, 9.17) is 14.2 Å². The molecule has 3 aromatic carbocycles. The molecule has 0 aliphatic carbocycles. The number of carbonyl (C=O) groups is 3. The van der Waals surface area contributed by atoms with E-state index < -0.39 is 23.7 Å². The molecule has 4 rings (SSSR count). The molecular formula is C30H29NO7. The fraction of sp³-hybridized carbons (Fsp3) is 0.233. The molecule has 0 saturated carbocycles. The van der Waals surface area contributed by atoms with Crippen molar-refractivity contribution in [3.05, 3.63) is 94.6 Å². The summed E-state index contributed by atoms with van der Waals surface area (Å²) in [4.78, 5) is 40.6. The number of nitrogens with zero attached hydrogens (tertiary/aromatic N) is 1. The first-order valence-electron chi connectivity index (χ1n) is 12.1. The van der Waals surface area contributed by atoms with Gasteiger partial charge < -0.3 is 19.3 Å². The van der Waals surface area contributed by atoms with Gasteiger partial charge in [-0.15, -0.1) is 0 Å². The lowest BCUT2D eigenvalue weighted by Crippen LogP contribution is -2.29. The van der Waals surface area contributed by atoms with Gasteiger partial charge in [-0.2, -0.15) is 0 Å². The molecule has 1 aliphatic heterocycles. The van der Waals surface area contributed by atoms with E-state index in [1.54, 1.807) is 50.2 Å². The molecule has 1 N–H and O–H groups in total. The highest BCUT2D eigenvalue weighted by molar-refractivity contribution is 6.51. The number of benzene rings is 3. The molecule has 196 valence electrons. The SMILES string of the molecule is COc1ccc(OC)c(/C(O)=C2\C(=O)C(=O)N(c3ccc(C(=O)OC(C)C)cc3)C2c2cccc(C)c2)c1. The first-order chi connectivity index (χ1) is 18.2. The zero-order chi connectivity index (χ0) is 27.6. The number of esters is 1. The number of anilines is 1. The number of amides is 1. The van der Waals surface area contributed by atoms with Crippen LogP contribution in [0.5, 0.6) is 11.5 Å². The number of ketones is 1. The molecule has 3 aromatic rings. The molecule has 0 spiro atoms. The number of hydrogen-bond acceptors (Lipinski definition) is 7. The van der Waals surface area contributed by atoms with E-state index in [0.717, 1.165) is 5.56 Å². The van der Waals surface area contributed by atoms with Gasteiger partial charge >= 0.3 is 5.97 Å². The van der Waals surface area contributed by atoms with Crippen molar-refractivity contribution in [3.8, 4) is 11.5 Å². The third-order valence-corrected chi connectivity index (χ3v) is 6.19. The van der Waals surface area contributed by atoms with Crippen molar-refractivity contribution in [1.29, 1.82) is 0 Å². The molecule has 0 aromatic heterocycles. The minimum atomic E-state index is -0.931. The summed E-state index contributed by atoms with van der Waals surface area (Å²) in [6.07, 6.45) is -0.282. The fourth-order valence-electron chi connectivity index (χ4n) is 4.44. The van der Waals surface area contributed by atoms with Crippen LogP contribution in [-0.2, 0) is 14.3 Å². The molecule has 1 unspecified atom stereocenters. The van der Waals surface area contributed by atoms with E-state index in [-0.39, 0.29) is 23.0 Å². The Morgan fingerprint density at radius 2 is 1.66 bits per heavy atom. The summed E-state index contributed by atoms with van der Waals surface area (Å²) in [5.41, 5.74) is 2.38. The molecule has 38 heavy (non-hydrogen) atoms. The van der Waals surface area contributed by atoms with Crippen LogP contribution < -0.4 is 14.4 Å². The van der Waals surface area contributed by atoms with Crippen molar-refractivity contribution in [3.63, 3.8) is 0 Å². The number of aliphatic hydroxyl groups is 1. The first kappa shape index (κ1) is 26.5. The normalized spacial score (nSPS) is 16.6. The van der Waals surface area contributed by atoms with Gasteiger partial charge in [0.1, 0.15) is 17.3 Å². The van der Waals surface area contributed by atoms with Crippen LogP contribution in [0.2, 0.25) is 0 Å². The van der Waals surface area contributed by atoms with E-state index in [9.17, 15) is 19.5 Å². The number of aryl methyl sites for hydroxylation is 1. The predicted molar refractivity (Wildman–Crippen MR) is 143 cm³/mol. The summed E-state index contributed by atoms with van der Waals surface area (Å²) in [6, 6.07) is 17.5. The zero-order valence-electron chi connectivity index (χ0n) is 21.8. The standard InChI is InChI=1S/C30H29NO7/c1-17(2)38-30(35)19-9-11-21(12-10-19)31-26(20-8-6-7-18(3)15-20)25(28(33)29(31)34)27(32)23-16-22(36-4)13-14-24(23)37-5/h6-17,26,32H,1-5H3/b27-25+. The van der Waals surface area contributed by atoms with Gasteiger partial charge in [0.25, 0.3) is 11.7 Å². The molecule has 1 heterocycles. The highest BCUT2D eigenvalue weighted by atomic mass is 16.5. The Labute approximate surface area is 221 Å². The summed E-state index contributed by atoms with van der Waals surface area (Å²) >= 11 is 0. The van der Waals surface area contributed by atoms with Gasteiger partial charge in [-0.3, -0.25) is 14.5 Å². The number of Topliss-reactive ketones (excluding diaryl/α,β-unsaturated/α-hetero) is 1. The molecule has 1 aliphatic rings. The predicted octanol–water partition coefficient (Wildman–Crippen LogP) is 5.20. The number of aliphatic hydroxyl groups excluding tert-OH is 1. The Morgan fingerprint density at radius 1 is 0.947 bits per heavy atom. The summed E-state index contributed by atoms with van der Waals surface area (Å²) in [6.45, 7) is 5.41. The largest absolute Gasteiger partial charge is 0.507 e. The van der Waals surface area contributed by atoms with Crippen LogP contribution >= 0.6 is 0 Å². The van der Waals surface area contributed by atoms with Crippen molar-refractivity contribution in [2.75, 3.05) is 19.1 Å². The Kier molecular flexibility index (Phi) is 7.52. The van der Waals surface area contributed by atoms with Gasteiger partial charge in [0, 0.05) is 5.69 Å². The minimum absolute atomic E-state index is 0.0875. The maximum absolute atomic E-state index is 13.5. The average Bonchev–Trinajstić information content (AvgIpc) is 3.17. The third kappa shape index (κ3) is 4.98. The van der Waals surface area contributed by atoms with Crippen LogP contribution in [0.1, 0.15) is 46.9 Å². The van der Waals surface area contributed by atoms with E-state index in [2.05, 4.69) is 0 Å². The van der Waals surface area contributed by atoms with Crippen LogP contribution in [0.3, 0.4) is 0 Å². The fourth-order valence-corrected chi connectivity index (χ4v) is 4.44. The van der Waals surface area contributed by atoms with Crippen LogP contribution in [0.4, 0.5) is 5.69 Å². The number of ether oxygens (including phenoxy) is 3. The minimum Gasteiger partial charge on any atom is -0.507 e. The summed E-state index contributed by atoms with van der Waals surface area (Å²) < 4.78 is 16.0. The van der Waals surface area contributed by atoms with Gasteiger partial charge in [-0.25, -0.2) is 4.79 Å². The highest BCUT2D eigenvalue weighted by Crippen LogP contribution is 2.44. The molecule has 0 bridgehead atoms. The lowest BCUT2D eigenvalue weighted by Gasteiger charge is -2.26. The van der Waals surface area contributed by atoms with Gasteiger partial charge in [0.2, 0.25) is 0 Å². The molecular weight excluding hydrogens is 486 g/mol. The second-order valence-corrected chi connectivity index (χ2v) is 9.15. The lowest BCUT2D eigenvalue weighted by atomic mass is 9.94. The van der Waals surface area contributed by atoms with Crippen LogP contribution in [0, 0.1) is 6.92 Å². The molecule has 1 saturated heterocycles. The molecule has 8 nitrogen and oxygen atoms in total. The topological polar surface area (TPSA) is 102 Å². The number of rotatable bonds is 7. The number of carbonyl (C=O) groups excluding carboxylic acids is 3. The lowest BCUT2D eigenvalue weighted by molar-refractivity contribution is -0.132. The van der Waals surface area contributed by atoms with Crippen molar-refractivity contribution < 1.29 is 33.7 Å². The maximum atomic E-state index is 13.5.